The van der Waals surface area contributed by atoms with E-state index in [1.54, 1.807) is 0 Å². The van der Waals surface area contributed by atoms with E-state index in [1.165, 1.54) is 12.8 Å². The molecule has 1 amide bonds. The summed E-state index contributed by atoms with van der Waals surface area (Å²) >= 11 is 0. The number of hydrogen-bond donors (Lipinski definition) is 1. The molecule has 0 aromatic heterocycles. The van der Waals surface area contributed by atoms with Crippen LogP contribution in [0, 0.1) is 5.92 Å². The number of anilines is 1. The van der Waals surface area contributed by atoms with Crippen molar-refractivity contribution in [3.05, 3.63) is 30.3 Å². The highest BCUT2D eigenvalue weighted by Gasteiger charge is 2.27. The lowest BCUT2D eigenvalue weighted by Crippen LogP contribution is -2.33. The van der Waals surface area contributed by atoms with Crippen molar-refractivity contribution in [3.8, 4) is 0 Å². The molecule has 2 rings (SSSR count). The normalized spacial score (nSPS) is 14.6. The first-order valence-electron chi connectivity index (χ1n) is 6.36. The molecule has 1 aromatic rings. The molecule has 1 aliphatic carbocycles. The van der Waals surface area contributed by atoms with Gasteiger partial charge in [0.1, 0.15) is 0 Å². The summed E-state index contributed by atoms with van der Waals surface area (Å²) < 4.78 is 0. The van der Waals surface area contributed by atoms with Crippen LogP contribution in [0.3, 0.4) is 0 Å². The van der Waals surface area contributed by atoms with E-state index in [2.05, 4.69) is 0 Å². The van der Waals surface area contributed by atoms with E-state index in [9.17, 15) is 4.79 Å². The second kappa shape index (κ2) is 5.82. The lowest BCUT2D eigenvalue weighted by atomic mass is 10.2. The van der Waals surface area contributed by atoms with E-state index in [0.29, 0.717) is 18.9 Å². The number of amides is 1. The Morgan fingerprint density at radius 2 is 2.00 bits per heavy atom. The zero-order valence-electron chi connectivity index (χ0n) is 10.1. The molecule has 1 aliphatic rings. The molecule has 1 saturated carbocycles. The van der Waals surface area contributed by atoms with Crippen molar-refractivity contribution in [1.29, 1.82) is 0 Å². The third-order valence-corrected chi connectivity index (χ3v) is 3.10. The number of nitrogens with zero attached hydrogens (tertiary/aromatic N) is 1. The van der Waals surface area contributed by atoms with Crippen LogP contribution in [-0.4, -0.2) is 19.0 Å². The molecule has 0 heterocycles. The Labute approximate surface area is 103 Å². The van der Waals surface area contributed by atoms with Crippen LogP contribution >= 0.6 is 0 Å². The van der Waals surface area contributed by atoms with Gasteiger partial charge in [0.15, 0.2) is 0 Å². The van der Waals surface area contributed by atoms with Gasteiger partial charge in [-0.05, 0) is 43.9 Å². The van der Waals surface area contributed by atoms with Gasteiger partial charge in [-0.2, -0.15) is 0 Å². The van der Waals surface area contributed by atoms with Crippen molar-refractivity contribution in [2.24, 2.45) is 11.7 Å². The van der Waals surface area contributed by atoms with E-state index >= 15 is 0 Å². The van der Waals surface area contributed by atoms with E-state index in [4.69, 9.17) is 5.73 Å². The van der Waals surface area contributed by atoms with Crippen LogP contribution in [-0.2, 0) is 4.79 Å². The topological polar surface area (TPSA) is 46.3 Å². The lowest BCUT2D eigenvalue weighted by molar-refractivity contribution is -0.118. The maximum Gasteiger partial charge on any atom is 0.227 e. The monoisotopic (exact) mass is 232 g/mol. The predicted molar refractivity (Wildman–Crippen MR) is 69.8 cm³/mol. The number of nitrogens with two attached hydrogens (primary N) is 1. The summed E-state index contributed by atoms with van der Waals surface area (Å²) in [4.78, 5) is 14.1. The maximum atomic E-state index is 12.1. The number of benzene rings is 1. The van der Waals surface area contributed by atoms with Crippen LogP contribution in [0.5, 0.6) is 0 Å². The zero-order chi connectivity index (χ0) is 12.1. The Morgan fingerprint density at radius 1 is 1.29 bits per heavy atom. The Balaban J connectivity index is 2.04. The second-order valence-electron chi connectivity index (χ2n) is 4.68. The number of rotatable bonds is 6. The number of carbonyl (C=O) groups excluding carboxylic acids is 1. The van der Waals surface area contributed by atoms with E-state index < -0.39 is 0 Å². The molecular weight excluding hydrogens is 212 g/mol. The molecule has 0 aliphatic heterocycles. The smallest absolute Gasteiger partial charge is 0.227 e. The Bertz CT molecular complexity index is 360. The average Bonchev–Trinajstić information content (AvgIpc) is 3.18. The van der Waals surface area contributed by atoms with Crippen molar-refractivity contribution >= 4 is 11.6 Å². The van der Waals surface area contributed by atoms with Gasteiger partial charge in [0.25, 0.3) is 0 Å². The van der Waals surface area contributed by atoms with Gasteiger partial charge in [-0.15, -0.1) is 0 Å². The summed E-state index contributed by atoms with van der Waals surface area (Å²) in [6.45, 7) is 1.45. The largest absolute Gasteiger partial charge is 0.330 e. The average molecular weight is 232 g/mol. The molecule has 1 aromatic carbocycles. The quantitative estimate of drug-likeness (QED) is 0.817. The highest BCUT2D eigenvalue weighted by atomic mass is 16.2. The third kappa shape index (κ3) is 3.56. The SMILES string of the molecule is NCCCC(=O)N(CC1CC1)c1ccccc1. The van der Waals surface area contributed by atoms with Gasteiger partial charge in [0.2, 0.25) is 5.91 Å². The number of carbonyl (C=O) groups is 1. The van der Waals surface area contributed by atoms with Crippen LogP contribution in [0.1, 0.15) is 25.7 Å². The van der Waals surface area contributed by atoms with Crippen LogP contribution in [0.4, 0.5) is 5.69 Å². The van der Waals surface area contributed by atoms with Gasteiger partial charge >= 0.3 is 0 Å². The number of para-hydroxylation sites is 1. The predicted octanol–water partition coefficient (Wildman–Crippen LogP) is 2.17. The molecule has 92 valence electrons. The minimum atomic E-state index is 0.202. The summed E-state index contributed by atoms with van der Waals surface area (Å²) in [7, 11) is 0. The van der Waals surface area contributed by atoms with Gasteiger partial charge < -0.3 is 10.6 Å². The molecule has 17 heavy (non-hydrogen) atoms. The van der Waals surface area contributed by atoms with Crippen molar-refractivity contribution in [1.82, 2.24) is 0 Å². The Morgan fingerprint density at radius 3 is 2.59 bits per heavy atom. The minimum Gasteiger partial charge on any atom is -0.330 e. The fourth-order valence-corrected chi connectivity index (χ4v) is 1.91. The van der Waals surface area contributed by atoms with Gasteiger partial charge in [0, 0.05) is 18.7 Å². The highest BCUT2D eigenvalue weighted by molar-refractivity contribution is 5.93. The molecular formula is C14H20N2O. The zero-order valence-corrected chi connectivity index (χ0v) is 10.1. The van der Waals surface area contributed by atoms with Crippen LogP contribution in [0.15, 0.2) is 30.3 Å². The van der Waals surface area contributed by atoms with Crippen molar-refractivity contribution in [2.45, 2.75) is 25.7 Å². The Kier molecular flexibility index (Phi) is 4.15. The molecule has 0 unspecified atom stereocenters. The number of hydrogen-bond acceptors (Lipinski definition) is 2. The standard InChI is InChI=1S/C14H20N2O/c15-10-4-7-14(17)16(11-12-8-9-12)13-5-2-1-3-6-13/h1-3,5-6,12H,4,7-11,15H2. The minimum absolute atomic E-state index is 0.202. The fourth-order valence-electron chi connectivity index (χ4n) is 1.91. The first-order valence-corrected chi connectivity index (χ1v) is 6.36. The maximum absolute atomic E-state index is 12.1. The van der Waals surface area contributed by atoms with Gasteiger partial charge in [-0.3, -0.25) is 4.79 Å². The second-order valence-corrected chi connectivity index (χ2v) is 4.68. The van der Waals surface area contributed by atoms with Gasteiger partial charge in [0.05, 0.1) is 0 Å². The lowest BCUT2D eigenvalue weighted by Gasteiger charge is -2.22. The summed E-state index contributed by atoms with van der Waals surface area (Å²) in [6.07, 6.45) is 3.84. The molecule has 0 spiro atoms. The first kappa shape index (κ1) is 12.1. The van der Waals surface area contributed by atoms with Crippen molar-refractivity contribution in [2.75, 3.05) is 18.0 Å². The summed E-state index contributed by atoms with van der Waals surface area (Å²) in [6, 6.07) is 9.94. The molecule has 2 N–H and O–H groups in total. The van der Waals surface area contributed by atoms with Crippen molar-refractivity contribution < 1.29 is 4.79 Å². The molecule has 3 heteroatoms. The molecule has 0 atom stereocenters. The molecule has 0 radical (unpaired) electrons. The highest BCUT2D eigenvalue weighted by Crippen LogP contribution is 2.31. The molecule has 3 nitrogen and oxygen atoms in total. The molecule has 0 saturated heterocycles. The first-order chi connectivity index (χ1) is 8.31. The van der Waals surface area contributed by atoms with Crippen LogP contribution in [0.25, 0.3) is 0 Å². The van der Waals surface area contributed by atoms with E-state index in [1.807, 2.05) is 35.2 Å². The fraction of sp³-hybridized carbons (Fsp3) is 0.500. The van der Waals surface area contributed by atoms with Crippen molar-refractivity contribution in [3.63, 3.8) is 0 Å². The summed E-state index contributed by atoms with van der Waals surface area (Å²) in [5, 5.41) is 0. The summed E-state index contributed by atoms with van der Waals surface area (Å²) in [5.74, 6) is 0.908. The van der Waals surface area contributed by atoms with Crippen LogP contribution in [0.2, 0.25) is 0 Å². The third-order valence-electron chi connectivity index (χ3n) is 3.10. The Hall–Kier alpha value is -1.35. The van der Waals surface area contributed by atoms with Gasteiger partial charge in [-0.1, -0.05) is 18.2 Å². The molecule has 0 bridgehead atoms. The van der Waals surface area contributed by atoms with Gasteiger partial charge in [-0.25, -0.2) is 0 Å². The van der Waals surface area contributed by atoms with E-state index in [0.717, 1.165) is 18.7 Å². The molecule has 1 fully saturated rings. The summed E-state index contributed by atoms with van der Waals surface area (Å²) in [5.41, 5.74) is 6.47. The van der Waals surface area contributed by atoms with E-state index in [-0.39, 0.29) is 5.91 Å². The van der Waals surface area contributed by atoms with Crippen LogP contribution < -0.4 is 10.6 Å².